The quantitative estimate of drug-likeness (QED) is 0.168. The molecule has 159 valence electrons. The van der Waals surface area contributed by atoms with Crippen LogP contribution in [0.25, 0.3) is 0 Å². The van der Waals surface area contributed by atoms with Crippen molar-refractivity contribution >= 4 is 112 Å². The average Bonchev–Trinajstić information content (AvgIpc) is 0. The van der Waals surface area contributed by atoms with Gasteiger partial charge >= 0.3 is 179 Å². The normalized spacial score (nSPS) is 0. The van der Waals surface area contributed by atoms with Gasteiger partial charge in [-0.25, -0.2) is 0 Å². The summed E-state index contributed by atoms with van der Waals surface area (Å²) in [4.78, 5) is 0. The molecule has 1 radical (unpaired) electrons. The summed E-state index contributed by atoms with van der Waals surface area (Å²) in [6.07, 6.45) is 0. The van der Waals surface area contributed by atoms with Gasteiger partial charge in [-0.2, -0.15) is 9.90 Å². The summed E-state index contributed by atoms with van der Waals surface area (Å²) >= 11 is 0. The van der Waals surface area contributed by atoms with Crippen LogP contribution in [-0.2, 0) is 57.6 Å². The van der Waals surface area contributed by atoms with Gasteiger partial charge in [0.2, 0.25) is 0 Å². The monoisotopic (exact) mass is 1020 g/mol. The molecular weight excluding hydrogens is 1020 g/mol. The van der Waals surface area contributed by atoms with Crippen molar-refractivity contribution in [2.75, 3.05) is 0 Å². The SMILES string of the molecule is Cl.Cl.Cl.Cl.Cl.P.[Cl-].[Cl-].[Cl-].[Cl-].[Cl-].[Cl-].[Cl-].[Cl-].[Cl-].[Cl-].[Cl-].[Cl-].[K+].[Mg+2].[Mn+2].[Mo+4].[Na+].[SeH2].[Zn+2]. The van der Waals surface area contributed by atoms with Crippen LogP contribution in [0.3, 0.4) is 0 Å². The van der Waals surface area contributed by atoms with Gasteiger partial charge in [0.15, 0.2) is 0 Å². The summed E-state index contributed by atoms with van der Waals surface area (Å²) in [5, 5.41) is 0. The third-order valence-electron chi connectivity index (χ3n) is 0. The molecule has 0 amide bonds. The Morgan fingerprint density at radius 2 is 0.400 bits per heavy atom. The smallest absolute Gasteiger partial charge is 2.00 e. The average molecular weight is 1030 g/mol. The van der Waals surface area contributed by atoms with Crippen molar-refractivity contribution in [2.24, 2.45) is 0 Å². The van der Waals surface area contributed by atoms with Crippen molar-refractivity contribution < 1.29 is 287 Å². The molecule has 1 atom stereocenters. The van der Waals surface area contributed by atoms with Gasteiger partial charge in [-0.3, -0.25) is 0 Å². The molecule has 0 saturated carbocycles. The summed E-state index contributed by atoms with van der Waals surface area (Å²) in [6.45, 7) is 0. The van der Waals surface area contributed by atoms with E-state index in [-0.39, 0.29) is 399 Å². The Labute approximate surface area is 390 Å². The van der Waals surface area contributed by atoms with Crippen molar-refractivity contribution in [3.05, 3.63) is 0 Å². The van der Waals surface area contributed by atoms with Crippen LogP contribution < -0.4 is 230 Å². The Kier molecular flexibility index (Phi) is 4770. The molecule has 0 nitrogen and oxygen atoms in total. The van der Waals surface area contributed by atoms with Gasteiger partial charge in [-0.15, -0.1) is 62.0 Å². The van der Waals surface area contributed by atoms with Gasteiger partial charge in [-0.05, 0) is 0 Å². The van der Waals surface area contributed by atoms with E-state index in [4.69, 9.17) is 0 Å². The number of halogens is 17. The van der Waals surface area contributed by atoms with Crippen LogP contribution in [0.1, 0.15) is 0 Å². The van der Waals surface area contributed by atoms with Gasteiger partial charge in [0.05, 0.1) is 0 Å². The fourth-order valence-corrected chi connectivity index (χ4v) is 0. The van der Waals surface area contributed by atoms with E-state index in [1.165, 1.54) is 0 Å². The van der Waals surface area contributed by atoms with Crippen molar-refractivity contribution in [1.82, 2.24) is 0 Å². The van der Waals surface area contributed by atoms with Crippen molar-refractivity contribution in [2.45, 2.75) is 0 Å². The van der Waals surface area contributed by atoms with E-state index < -0.39 is 0 Å². The molecule has 25 heteroatoms. The molecule has 0 spiro atoms. The molecule has 0 aliphatic carbocycles. The molecule has 0 bridgehead atoms. The molecule has 0 aromatic heterocycles. The second kappa shape index (κ2) is 331. The molecule has 0 fully saturated rings. The molecule has 0 saturated heterocycles. The van der Waals surface area contributed by atoms with E-state index in [0.717, 1.165) is 0 Å². The predicted octanol–water partition coefficient (Wildman–Crippen LogP) is -41.1. The Hall–Kier alpha value is 11.1. The maximum Gasteiger partial charge on any atom is 2.00 e. The standard InChI is InChI=1S/17ClH.K.Mg.Mn.Mo.Na.H3P.H2Se.Zn/h17*1H;;;;;;1H3;1H2;/q;;;;;;;;;;;;;;;;;+1;2*+2;+4;+1;;;+2/p-12. The summed E-state index contributed by atoms with van der Waals surface area (Å²) in [6, 6.07) is 0. The van der Waals surface area contributed by atoms with Crippen molar-refractivity contribution in [1.29, 1.82) is 0 Å². The summed E-state index contributed by atoms with van der Waals surface area (Å²) in [5.41, 5.74) is 0. The Balaban J connectivity index is 0. The van der Waals surface area contributed by atoms with Gasteiger partial charge in [0.25, 0.3) is 0 Å². The molecule has 0 heterocycles. The molecular formula is H10Cl17KMgMnMoNaPSeZn. The summed E-state index contributed by atoms with van der Waals surface area (Å²) in [5.74, 6) is 0. The zero-order valence-corrected chi connectivity index (χ0v) is 41.3. The first-order valence-electron chi connectivity index (χ1n) is 0. The maximum absolute atomic E-state index is 0. The van der Waals surface area contributed by atoms with Crippen LogP contribution in [-0.4, -0.2) is 40.1 Å². The minimum absolute atomic E-state index is 0. The van der Waals surface area contributed by atoms with E-state index in [0.29, 0.717) is 0 Å². The van der Waals surface area contributed by atoms with Crippen LogP contribution in [0.15, 0.2) is 0 Å². The topological polar surface area (TPSA) is 0 Å². The third kappa shape index (κ3) is 312. The Morgan fingerprint density at radius 3 is 0.400 bits per heavy atom. The van der Waals surface area contributed by atoms with E-state index in [9.17, 15) is 0 Å². The van der Waals surface area contributed by atoms with Crippen LogP contribution >= 0.6 is 71.9 Å². The number of hydrogen-bond acceptors (Lipinski definition) is 0. The van der Waals surface area contributed by atoms with Gasteiger partial charge in [0.1, 0.15) is 0 Å². The third-order valence-corrected chi connectivity index (χ3v) is 0. The predicted molar refractivity (Wildman–Crippen MR) is 61.6 cm³/mol. The number of hydrogen-bond donors (Lipinski definition) is 0. The zero-order chi connectivity index (χ0) is 0. The van der Waals surface area contributed by atoms with E-state index in [2.05, 4.69) is 0 Å². The fraction of sp³-hybridized carbons (Fsp3) is 0. The van der Waals surface area contributed by atoms with Gasteiger partial charge < -0.3 is 149 Å². The van der Waals surface area contributed by atoms with E-state index in [1.807, 2.05) is 0 Å². The minimum atomic E-state index is 0. The molecule has 0 N–H and O–H groups in total. The number of rotatable bonds is 0. The molecule has 0 aliphatic rings. The zero-order valence-electron chi connectivity index (χ0n) is 12.0. The molecule has 0 aromatic carbocycles. The van der Waals surface area contributed by atoms with E-state index in [1.54, 1.807) is 0 Å². The Bertz CT molecular complexity index is 46.6. The summed E-state index contributed by atoms with van der Waals surface area (Å²) in [7, 11) is 0. The molecule has 0 rings (SSSR count). The minimum Gasteiger partial charge on any atom is 2.00 e. The molecule has 25 heavy (non-hydrogen) atoms. The molecule has 0 aromatic rings. The second-order valence-electron chi connectivity index (χ2n) is 0. The Morgan fingerprint density at radius 1 is 0.400 bits per heavy atom. The summed E-state index contributed by atoms with van der Waals surface area (Å²) < 4.78 is 0. The molecule has 1 unspecified atom stereocenters. The largest absolute Gasteiger partial charge is 2.00 e. The van der Waals surface area contributed by atoms with Crippen LogP contribution in [0.2, 0.25) is 0 Å². The van der Waals surface area contributed by atoms with Gasteiger partial charge in [-0.1, -0.05) is 0 Å². The van der Waals surface area contributed by atoms with Crippen LogP contribution in [0, 0.1) is 0 Å². The first-order chi connectivity index (χ1) is 0. The molecule has 0 aliphatic heterocycles. The maximum atomic E-state index is 0. The fourth-order valence-electron chi connectivity index (χ4n) is 0. The van der Waals surface area contributed by atoms with Crippen molar-refractivity contribution in [3.8, 4) is 0 Å². The van der Waals surface area contributed by atoms with Crippen LogP contribution in [0.5, 0.6) is 0 Å². The first-order valence-corrected chi connectivity index (χ1v) is 0. The van der Waals surface area contributed by atoms with Crippen LogP contribution in [0.4, 0.5) is 0 Å². The van der Waals surface area contributed by atoms with Crippen molar-refractivity contribution in [3.63, 3.8) is 0 Å². The first kappa shape index (κ1) is 361. The van der Waals surface area contributed by atoms with E-state index >= 15 is 0 Å². The van der Waals surface area contributed by atoms with Gasteiger partial charge in [0, 0.05) is 0 Å². The second-order valence-corrected chi connectivity index (χ2v) is 0.